The minimum atomic E-state index is -0.483. The van der Waals surface area contributed by atoms with Crippen LogP contribution in [0, 0.1) is 0 Å². The zero-order valence-electron chi connectivity index (χ0n) is 18.4. The van der Waals surface area contributed by atoms with Gasteiger partial charge in [-0.1, -0.05) is 23.9 Å². The summed E-state index contributed by atoms with van der Waals surface area (Å²) in [4.78, 5) is 43.3. The molecule has 0 aromatic heterocycles. The fourth-order valence-corrected chi connectivity index (χ4v) is 4.78. The molecule has 2 heterocycles. The zero-order chi connectivity index (χ0) is 23.2. The fraction of sp³-hybridized carbons (Fsp3) is 0.333. The normalized spacial score (nSPS) is 17.6. The van der Waals surface area contributed by atoms with E-state index in [9.17, 15) is 14.4 Å². The smallest absolute Gasteiger partial charge is 0.262 e. The fourth-order valence-electron chi connectivity index (χ4n) is 3.67. The monoisotopic (exact) mass is 466 g/mol. The molecule has 2 aliphatic heterocycles. The second kappa shape index (κ2) is 10.5. The van der Waals surface area contributed by atoms with Crippen molar-refractivity contribution in [2.45, 2.75) is 31.1 Å². The third kappa shape index (κ3) is 5.92. The minimum Gasteiger partial charge on any atom is -0.497 e. The first-order valence-corrected chi connectivity index (χ1v) is 11.7. The van der Waals surface area contributed by atoms with Crippen LogP contribution < -0.4 is 15.4 Å². The van der Waals surface area contributed by atoms with Crippen molar-refractivity contribution in [3.05, 3.63) is 59.7 Å². The summed E-state index contributed by atoms with van der Waals surface area (Å²) in [6.07, 6.45) is 2.28. The molecule has 2 aromatic rings. The Morgan fingerprint density at radius 1 is 1.09 bits per heavy atom. The van der Waals surface area contributed by atoms with E-state index < -0.39 is 5.25 Å². The predicted molar refractivity (Wildman–Crippen MR) is 128 cm³/mol. The second-order valence-electron chi connectivity index (χ2n) is 7.89. The first-order valence-electron chi connectivity index (χ1n) is 10.9. The molecule has 1 atom stereocenters. The molecular weight excluding hydrogens is 440 g/mol. The lowest BCUT2D eigenvalue weighted by atomic mass is 10.1. The van der Waals surface area contributed by atoms with Gasteiger partial charge >= 0.3 is 0 Å². The molecule has 8 nitrogen and oxygen atoms in total. The Kier molecular flexibility index (Phi) is 7.29. The number of amidine groups is 1. The Labute approximate surface area is 196 Å². The van der Waals surface area contributed by atoms with Crippen molar-refractivity contribution >= 4 is 40.3 Å². The van der Waals surface area contributed by atoms with Gasteiger partial charge in [0.25, 0.3) is 11.8 Å². The topological polar surface area (TPSA) is 100 Å². The minimum absolute atomic E-state index is 0.0639. The molecule has 33 heavy (non-hydrogen) atoms. The number of amides is 3. The van der Waals surface area contributed by atoms with Gasteiger partial charge in [0, 0.05) is 37.3 Å². The van der Waals surface area contributed by atoms with Gasteiger partial charge in [-0.15, -0.1) is 0 Å². The summed E-state index contributed by atoms with van der Waals surface area (Å²) in [7, 11) is 1.61. The van der Waals surface area contributed by atoms with Crippen LogP contribution in [-0.4, -0.2) is 53.2 Å². The van der Waals surface area contributed by atoms with E-state index in [4.69, 9.17) is 4.74 Å². The average Bonchev–Trinajstić information content (AvgIpc) is 3.48. The Morgan fingerprint density at radius 2 is 1.79 bits per heavy atom. The molecule has 172 valence electrons. The van der Waals surface area contributed by atoms with Gasteiger partial charge in [0.2, 0.25) is 5.91 Å². The number of hydrogen-bond acceptors (Lipinski definition) is 6. The molecule has 0 aliphatic carbocycles. The summed E-state index contributed by atoms with van der Waals surface area (Å²) in [6, 6.07) is 14.1. The molecule has 0 saturated carbocycles. The molecule has 3 amide bonds. The van der Waals surface area contributed by atoms with Gasteiger partial charge in [0.05, 0.1) is 7.11 Å². The lowest BCUT2D eigenvalue weighted by molar-refractivity contribution is -0.121. The second-order valence-corrected chi connectivity index (χ2v) is 9.06. The molecule has 0 unspecified atom stereocenters. The maximum Gasteiger partial charge on any atom is 0.262 e. The molecular formula is C24H26N4O4S. The van der Waals surface area contributed by atoms with Crippen molar-refractivity contribution in [2.24, 2.45) is 4.99 Å². The van der Waals surface area contributed by atoms with Crippen molar-refractivity contribution in [2.75, 3.05) is 25.5 Å². The number of thioether (sulfide) groups is 1. The zero-order valence-corrected chi connectivity index (χ0v) is 19.2. The van der Waals surface area contributed by atoms with Crippen LogP contribution in [0.25, 0.3) is 0 Å². The van der Waals surface area contributed by atoms with Gasteiger partial charge in [-0.05, 0) is 54.8 Å². The number of carbonyl (C=O) groups is 3. The maximum atomic E-state index is 12.4. The van der Waals surface area contributed by atoms with Crippen molar-refractivity contribution in [1.82, 2.24) is 10.2 Å². The maximum absolute atomic E-state index is 12.4. The van der Waals surface area contributed by atoms with Crippen LogP contribution in [0.2, 0.25) is 0 Å². The van der Waals surface area contributed by atoms with Crippen LogP contribution in [-0.2, 0) is 16.1 Å². The lowest BCUT2D eigenvalue weighted by Crippen LogP contribution is -2.25. The standard InChI is InChI=1S/C24H26N4O4S/c1-32-19-10-4-16(5-11-19)15-25-22(30)17-6-8-18(9-7-17)26-21(29)14-20-23(31)27-24(33-20)28-12-2-3-13-28/h4-11,20H,2-3,12-15H2,1H3,(H,25,30)(H,26,29)/t20-/m0/s1. The van der Waals surface area contributed by atoms with Crippen LogP contribution in [0.5, 0.6) is 5.75 Å². The van der Waals surface area contributed by atoms with Gasteiger partial charge in [-0.2, -0.15) is 4.99 Å². The van der Waals surface area contributed by atoms with E-state index in [1.54, 1.807) is 31.4 Å². The molecule has 0 radical (unpaired) electrons. The summed E-state index contributed by atoms with van der Waals surface area (Å²) in [5, 5.41) is 5.92. The Balaban J connectivity index is 1.24. The van der Waals surface area contributed by atoms with Crippen molar-refractivity contribution in [3.8, 4) is 5.75 Å². The van der Waals surface area contributed by atoms with Gasteiger partial charge < -0.3 is 20.3 Å². The average molecular weight is 467 g/mol. The molecule has 0 spiro atoms. The van der Waals surface area contributed by atoms with Gasteiger partial charge in [0.15, 0.2) is 5.17 Å². The highest BCUT2D eigenvalue weighted by Gasteiger charge is 2.33. The number of hydrogen-bond donors (Lipinski definition) is 2. The van der Waals surface area contributed by atoms with E-state index in [1.165, 1.54) is 11.8 Å². The summed E-state index contributed by atoms with van der Waals surface area (Å²) < 4.78 is 5.13. The molecule has 2 N–H and O–H groups in total. The summed E-state index contributed by atoms with van der Waals surface area (Å²) in [5.41, 5.74) is 2.03. The Morgan fingerprint density at radius 3 is 2.45 bits per heavy atom. The number of nitrogens with one attached hydrogen (secondary N) is 2. The third-order valence-corrected chi connectivity index (χ3v) is 6.73. The van der Waals surface area contributed by atoms with Gasteiger partial charge in [-0.3, -0.25) is 14.4 Å². The number of ether oxygens (including phenoxy) is 1. The molecule has 9 heteroatoms. The van der Waals surface area contributed by atoms with Gasteiger partial charge in [0.1, 0.15) is 11.0 Å². The van der Waals surface area contributed by atoms with Crippen LogP contribution in [0.15, 0.2) is 53.5 Å². The molecule has 1 saturated heterocycles. The van der Waals surface area contributed by atoms with Gasteiger partial charge in [-0.25, -0.2) is 0 Å². The predicted octanol–water partition coefficient (Wildman–Crippen LogP) is 3.05. The Hall–Kier alpha value is -3.33. The molecule has 2 aromatic carbocycles. The number of carbonyl (C=O) groups excluding carboxylic acids is 3. The Bertz CT molecular complexity index is 1050. The number of methoxy groups -OCH3 is 1. The first-order chi connectivity index (χ1) is 16.0. The number of likely N-dealkylation sites (tertiary alicyclic amines) is 1. The molecule has 2 aliphatic rings. The van der Waals surface area contributed by atoms with Crippen LogP contribution >= 0.6 is 11.8 Å². The highest BCUT2D eigenvalue weighted by Crippen LogP contribution is 2.29. The number of benzene rings is 2. The first kappa shape index (κ1) is 22.8. The summed E-state index contributed by atoms with van der Waals surface area (Å²) in [5.74, 6) is 0.0535. The van der Waals surface area contributed by atoms with E-state index >= 15 is 0 Å². The number of nitrogens with zero attached hydrogens (tertiary/aromatic N) is 2. The highest BCUT2D eigenvalue weighted by molar-refractivity contribution is 8.15. The molecule has 1 fully saturated rings. The third-order valence-electron chi connectivity index (χ3n) is 5.52. The van der Waals surface area contributed by atoms with E-state index in [0.29, 0.717) is 17.8 Å². The quantitative estimate of drug-likeness (QED) is 0.651. The van der Waals surface area contributed by atoms with E-state index in [0.717, 1.165) is 42.4 Å². The van der Waals surface area contributed by atoms with Crippen LogP contribution in [0.4, 0.5) is 5.69 Å². The lowest BCUT2D eigenvalue weighted by Gasteiger charge is -2.16. The molecule has 0 bridgehead atoms. The molecule has 4 rings (SSSR count). The van der Waals surface area contributed by atoms with Crippen LogP contribution in [0.3, 0.4) is 0 Å². The van der Waals surface area contributed by atoms with E-state index in [1.807, 2.05) is 24.3 Å². The van der Waals surface area contributed by atoms with E-state index in [-0.39, 0.29) is 24.1 Å². The largest absolute Gasteiger partial charge is 0.497 e. The van der Waals surface area contributed by atoms with Crippen molar-refractivity contribution in [1.29, 1.82) is 0 Å². The SMILES string of the molecule is COc1ccc(CNC(=O)c2ccc(NC(=O)C[C@@H]3SC(N4CCCC4)=NC3=O)cc2)cc1. The number of anilines is 1. The number of rotatable bonds is 7. The van der Waals surface area contributed by atoms with Crippen molar-refractivity contribution in [3.63, 3.8) is 0 Å². The summed E-state index contributed by atoms with van der Waals surface area (Å²) in [6.45, 7) is 2.23. The van der Waals surface area contributed by atoms with Crippen LogP contribution in [0.1, 0.15) is 35.2 Å². The highest BCUT2D eigenvalue weighted by atomic mass is 32.2. The van der Waals surface area contributed by atoms with Crippen molar-refractivity contribution < 1.29 is 19.1 Å². The summed E-state index contributed by atoms with van der Waals surface area (Å²) >= 11 is 1.37. The number of aliphatic imine (C=N–C) groups is 1. The van der Waals surface area contributed by atoms with E-state index in [2.05, 4.69) is 20.5 Å².